The van der Waals surface area contributed by atoms with Crippen molar-refractivity contribution in [2.24, 2.45) is 11.8 Å². The Morgan fingerprint density at radius 3 is 1.06 bits per heavy atom. The van der Waals surface area contributed by atoms with Crippen molar-refractivity contribution in [3.63, 3.8) is 0 Å². The number of carbonyl (C=O) groups excluding carboxylic acids is 14. The fourth-order valence-corrected chi connectivity index (χ4v) is 17.5. The minimum Gasteiger partial charge on any atom is -0.460 e. The number of carbonyl (C=O) groups is 14. The molecule has 12 amide bonds. The molecule has 0 spiro atoms. The molecule has 0 aliphatic carbocycles. The molecule has 8 saturated heterocycles. The van der Waals surface area contributed by atoms with Crippen molar-refractivity contribution >= 4 is 117 Å². The number of hydrogen-bond donors (Lipinski definition) is 14. The van der Waals surface area contributed by atoms with E-state index in [0.29, 0.717) is 25.7 Å². The van der Waals surface area contributed by atoms with Crippen LogP contribution >= 0.6 is 23.2 Å². The van der Waals surface area contributed by atoms with Crippen molar-refractivity contribution in [2.45, 2.75) is 228 Å². The second-order valence-corrected chi connectivity index (χ2v) is 31.6. The molecule has 610 valence electrons. The highest BCUT2D eigenvalue weighted by molar-refractivity contribution is 6.37. The van der Waals surface area contributed by atoms with E-state index in [1.807, 2.05) is 0 Å². The fourth-order valence-electron chi connectivity index (χ4n) is 17.0. The lowest BCUT2D eigenvalue weighted by Crippen LogP contribution is -2.69. The first kappa shape index (κ1) is 82.3. The van der Waals surface area contributed by atoms with Gasteiger partial charge in [0.2, 0.25) is 35.4 Å². The Morgan fingerprint density at radius 2 is 0.741 bits per heavy atom. The van der Waals surface area contributed by atoms with Gasteiger partial charge in [0.05, 0.1) is 23.3 Å². The number of amides is 12. The summed E-state index contributed by atoms with van der Waals surface area (Å²) in [4.78, 5) is 209. The molecule has 0 saturated carbocycles. The molecule has 2 aromatic carbocycles. The Kier molecular flexibility index (Phi) is 24.4. The third kappa shape index (κ3) is 15.5. The predicted molar refractivity (Wildman–Crippen MR) is 394 cm³/mol. The molecule has 0 bridgehead atoms. The Balaban J connectivity index is 0.935. The molecule has 0 unspecified atom stereocenters. The summed E-state index contributed by atoms with van der Waals surface area (Å²) in [5.41, 5.74) is 7.67. The molecule has 14 N–H and O–H groups in total. The van der Waals surface area contributed by atoms with E-state index in [1.54, 1.807) is 27.7 Å². The molecule has 10 aliphatic heterocycles. The van der Waals surface area contributed by atoms with E-state index in [0.717, 1.165) is 43.7 Å². The number of halogens is 2. The first-order valence-electron chi connectivity index (χ1n) is 37.9. The van der Waals surface area contributed by atoms with E-state index in [2.05, 4.69) is 64.2 Å². The number of esters is 2. The smallest absolute Gasteiger partial charge is 0.302 e. The van der Waals surface area contributed by atoms with Gasteiger partial charge < -0.3 is 81.5 Å². The van der Waals surface area contributed by atoms with Gasteiger partial charge >= 0.3 is 11.9 Å². The van der Waals surface area contributed by atoms with Crippen LogP contribution in [0, 0.1) is 11.8 Å². The average molecular weight is 1610 g/mol. The monoisotopic (exact) mass is 1600 g/mol. The minimum absolute atomic E-state index is 0.00194. The number of nitrogens with zero attached hydrogens (tertiary/aromatic N) is 6. The molecule has 112 heavy (non-hydrogen) atoms. The normalized spacial score (nSPS) is 32.2. The van der Waals surface area contributed by atoms with E-state index < -0.39 is 229 Å². The number of anilines is 2. The average Bonchev–Trinajstić information content (AvgIpc) is 1.55. The van der Waals surface area contributed by atoms with Gasteiger partial charge in [-0.2, -0.15) is 0 Å². The van der Waals surface area contributed by atoms with Gasteiger partial charge in [0.1, 0.15) is 108 Å². The number of ether oxygens (including phenoxy) is 4. The molecule has 10 heterocycles. The lowest BCUT2D eigenvalue weighted by Gasteiger charge is -2.43. The number of hydrazine groups is 4. The highest BCUT2D eigenvalue weighted by Gasteiger charge is 2.65. The van der Waals surface area contributed by atoms with Crippen LogP contribution < -0.4 is 64.2 Å². The summed E-state index contributed by atoms with van der Waals surface area (Å²) < 4.78 is 22.0. The Labute approximate surface area is 654 Å². The van der Waals surface area contributed by atoms with Gasteiger partial charge in [-0.25, -0.2) is 21.7 Å². The van der Waals surface area contributed by atoms with Gasteiger partial charge in [-0.3, -0.25) is 87.2 Å². The quantitative estimate of drug-likeness (QED) is 0.101. The summed E-state index contributed by atoms with van der Waals surface area (Å²) in [5, 5.41) is 54.2. The third-order valence-corrected chi connectivity index (χ3v) is 23.2. The maximum atomic E-state index is 16.0. The summed E-state index contributed by atoms with van der Waals surface area (Å²) in [6.45, 7) is 11.3. The van der Waals surface area contributed by atoms with Gasteiger partial charge in [-0.1, -0.05) is 50.9 Å². The van der Waals surface area contributed by atoms with Crippen LogP contribution in [0.4, 0.5) is 11.4 Å². The first-order valence-corrected chi connectivity index (χ1v) is 38.6. The summed E-state index contributed by atoms with van der Waals surface area (Å²) >= 11 is 14.6. The van der Waals surface area contributed by atoms with Crippen LogP contribution in [0.1, 0.15) is 131 Å². The predicted octanol–water partition coefficient (Wildman–Crippen LogP) is -2.83. The van der Waals surface area contributed by atoms with Gasteiger partial charge in [0, 0.05) is 101 Å². The highest BCUT2D eigenvalue weighted by Crippen LogP contribution is 2.56. The zero-order chi connectivity index (χ0) is 81.0. The Hall–Kier alpha value is -9.12. The topological polar surface area (TPSA) is 480 Å². The third-order valence-electron chi connectivity index (χ3n) is 22.6. The van der Waals surface area contributed by atoms with Crippen LogP contribution in [0.2, 0.25) is 10.0 Å². The second kappa shape index (κ2) is 33.1. The zero-order valence-corrected chi connectivity index (χ0v) is 65.2. The number of hydrogen-bond acceptors (Lipinski definition) is 26. The second-order valence-electron chi connectivity index (χ2n) is 30.8. The molecule has 0 aromatic heterocycles. The molecule has 12 rings (SSSR count). The maximum Gasteiger partial charge on any atom is 0.302 e. The summed E-state index contributed by atoms with van der Waals surface area (Å²) in [7, 11) is 2.51. The van der Waals surface area contributed by atoms with Crippen LogP contribution in [-0.4, -0.2) is 274 Å². The summed E-state index contributed by atoms with van der Waals surface area (Å²) in [6.07, 6.45) is -5.50. The molecule has 8 fully saturated rings. The number of methoxy groups -OCH3 is 2. The Bertz CT molecular complexity index is 3890. The van der Waals surface area contributed by atoms with E-state index in [4.69, 9.17) is 42.1 Å². The van der Waals surface area contributed by atoms with Crippen molar-refractivity contribution in [3.05, 3.63) is 45.4 Å². The van der Waals surface area contributed by atoms with Gasteiger partial charge in [-0.15, -0.1) is 0 Å². The molecule has 38 nitrogen and oxygen atoms in total. The van der Waals surface area contributed by atoms with Crippen molar-refractivity contribution < 1.29 is 96.3 Å². The van der Waals surface area contributed by atoms with Crippen molar-refractivity contribution in [1.82, 2.24) is 83.4 Å². The maximum absolute atomic E-state index is 16.0. The SMILES string of the molecule is COC[C@@H]1NC(=O)[C@H]2CCCNN2C(=O)[C@@H]2CCCNN2C(=O)[C@@H](C(C)C)NC(=O)[C@@H]2C[C@@]3(O)c4cc(-c5cc6c(cc5Cl)N[C@H]5N7C(=O)[C@@H]([C@H](C)OC(C)=O)NC(=O)[C@H](COC)NC(=O)[C@H]8CCCNN8C(=O)[C@@H]8CCCNN8C(=O)[C@@H](C(C)C)NC(=O)[C@@H]7C[C@@]65O)c(Cl)cc4N[C@H]3N2C(=O)[C@@H]([C@H](C)OC(C)=O)NC1=O. The summed E-state index contributed by atoms with van der Waals surface area (Å²) in [5.74, 6) is -13.9. The van der Waals surface area contributed by atoms with Gasteiger partial charge in [0.15, 0.2) is 0 Å². The highest BCUT2D eigenvalue weighted by atomic mass is 35.5. The molecule has 2 aromatic rings. The van der Waals surface area contributed by atoms with Gasteiger partial charge in [-0.05, 0) is 101 Å². The molecular weight excluding hydrogens is 1510 g/mol. The lowest BCUT2D eigenvalue weighted by molar-refractivity contribution is -0.161. The summed E-state index contributed by atoms with van der Waals surface area (Å²) in [6, 6.07) is -12.6. The van der Waals surface area contributed by atoms with E-state index in [9.17, 15) is 48.6 Å². The van der Waals surface area contributed by atoms with E-state index in [-0.39, 0.29) is 95.5 Å². The van der Waals surface area contributed by atoms with Crippen LogP contribution in [-0.2, 0) is 97.3 Å². The molecule has 10 aliphatic rings. The lowest BCUT2D eigenvalue weighted by atomic mass is 9.86. The number of benzene rings is 2. The van der Waals surface area contributed by atoms with Crippen molar-refractivity contribution in [1.29, 1.82) is 0 Å². The molecule has 18 atom stereocenters. The van der Waals surface area contributed by atoms with Crippen molar-refractivity contribution in [2.75, 3.05) is 64.2 Å². The number of fused-ring (bicyclic) bond motifs is 14. The Morgan fingerprint density at radius 1 is 0.429 bits per heavy atom. The molecule has 40 heteroatoms. The van der Waals surface area contributed by atoms with Crippen LogP contribution in [0.3, 0.4) is 0 Å². The number of aliphatic hydroxyl groups is 2. The van der Waals surface area contributed by atoms with Crippen LogP contribution in [0.5, 0.6) is 0 Å². The zero-order valence-electron chi connectivity index (χ0n) is 63.7. The van der Waals surface area contributed by atoms with Gasteiger partial charge in [0.25, 0.3) is 35.4 Å². The molecule has 0 radical (unpaired) electrons. The van der Waals surface area contributed by atoms with E-state index >= 15 is 28.8 Å². The van der Waals surface area contributed by atoms with E-state index in [1.165, 1.54) is 52.3 Å². The standard InChI is InChI=1S/C72H98Cl2N18O20/c1-31(2)53-67(105)91-49(17-13-21-77-91)63(101)89-47(15-11-19-75-89)59(97)79-45(29-109-9)57(95)85-55(33(5)111-35(7)93)65(103)87-51(61(99)83-53)27-71(107)39-23-37(41(73)25-43(39)81-69(71)87)38-24-40-44(26-42(38)74)82-70-72(40,108)28-52-62(100)84-54(32(3)4)68(106)92-50(18-14-22-78-92)64(102)90-48(16-12-20-76-90)60(98)80-46(30-110-10)58(96)86-56(66(104)88(52)70)34(6)112-36(8)94/h23-26,31-34,45-56,69-70,75-78,81-82,107-108H,11-22,27-30H2,1-10H3,(H,79,97)(H,80,98)(H,83,99)(H,84,100)(H,85,95)(H,86,96)/t33-,34-,45-,46-,47+,48+,49-,50-,51-,52-,53+,54+,55+,56+,69-,70-,71+,72+/m0/s1. The number of nitrogens with one attached hydrogen (secondary N) is 12. The fraction of sp³-hybridized carbons (Fsp3) is 0.639. The minimum atomic E-state index is -2.34. The molecular formula is C72H98Cl2N18O20. The largest absolute Gasteiger partial charge is 0.460 e. The van der Waals surface area contributed by atoms with Crippen molar-refractivity contribution in [3.8, 4) is 11.1 Å². The number of rotatable bonds is 11. The first-order chi connectivity index (χ1) is 53.1. The van der Waals surface area contributed by atoms with Crippen LogP contribution in [0.25, 0.3) is 11.1 Å². The van der Waals surface area contributed by atoms with Crippen LogP contribution in [0.15, 0.2) is 24.3 Å².